The van der Waals surface area contributed by atoms with Gasteiger partial charge in [-0.15, -0.1) is 0 Å². The minimum Gasteiger partial charge on any atom is -0.496 e. The summed E-state index contributed by atoms with van der Waals surface area (Å²) in [6.07, 6.45) is 0. The van der Waals surface area contributed by atoms with Gasteiger partial charge in [0.25, 0.3) is 0 Å². The van der Waals surface area contributed by atoms with E-state index in [0.29, 0.717) is 5.75 Å². The van der Waals surface area contributed by atoms with Crippen molar-refractivity contribution in [2.45, 2.75) is 6.54 Å². The molecule has 2 aromatic carbocycles. The number of nitrogens with one attached hydrogen (secondary N) is 1. The second-order valence-corrected chi connectivity index (χ2v) is 4.59. The zero-order chi connectivity index (χ0) is 15.2. The molecule has 0 saturated carbocycles. The summed E-state index contributed by atoms with van der Waals surface area (Å²) in [5.41, 5.74) is 3.21. The van der Waals surface area contributed by atoms with Gasteiger partial charge in [0.05, 0.1) is 26.9 Å². The predicted molar refractivity (Wildman–Crippen MR) is 84.3 cm³/mol. The van der Waals surface area contributed by atoms with E-state index in [1.165, 1.54) is 5.56 Å². The van der Waals surface area contributed by atoms with Crippen LogP contribution < -0.4 is 19.5 Å². The Hall–Kier alpha value is -2.20. The minimum absolute atomic E-state index is 0.707. The summed E-state index contributed by atoms with van der Waals surface area (Å²) in [7, 11) is 6.86. The Bertz CT molecular complexity index is 586. The van der Waals surface area contributed by atoms with Crippen LogP contribution in [0.2, 0.25) is 0 Å². The lowest BCUT2D eigenvalue weighted by molar-refractivity contribution is 0.377. The van der Waals surface area contributed by atoms with Gasteiger partial charge in [-0.3, -0.25) is 0 Å². The van der Waals surface area contributed by atoms with Crippen molar-refractivity contribution in [1.82, 2.24) is 5.32 Å². The molecule has 112 valence electrons. The van der Waals surface area contributed by atoms with Crippen molar-refractivity contribution in [3.05, 3.63) is 42.0 Å². The lowest BCUT2D eigenvalue weighted by Gasteiger charge is -2.17. The van der Waals surface area contributed by atoms with Gasteiger partial charge in [-0.1, -0.05) is 24.3 Å². The number of hydrogen-bond acceptors (Lipinski definition) is 4. The van der Waals surface area contributed by atoms with Crippen molar-refractivity contribution in [1.29, 1.82) is 0 Å². The predicted octanol–water partition coefficient (Wildman–Crippen LogP) is 3.10. The highest BCUT2D eigenvalue weighted by Crippen LogP contribution is 2.42. The summed E-state index contributed by atoms with van der Waals surface area (Å²) < 4.78 is 16.4. The maximum Gasteiger partial charge on any atom is 0.134 e. The molecule has 0 aliphatic rings. The first-order chi connectivity index (χ1) is 10.2. The first kappa shape index (κ1) is 15.2. The van der Waals surface area contributed by atoms with Gasteiger partial charge in [0, 0.05) is 18.7 Å². The number of ether oxygens (including phenoxy) is 3. The van der Waals surface area contributed by atoms with Gasteiger partial charge in [-0.2, -0.15) is 0 Å². The zero-order valence-corrected chi connectivity index (χ0v) is 12.9. The fraction of sp³-hybridized carbons (Fsp3) is 0.294. The fourth-order valence-electron chi connectivity index (χ4n) is 2.38. The Morgan fingerprint density at radius 1 is 0.905 bits per heavy atom. The van der Waals surface area contributed by atoms with E-state index in [1.54, 1.807) is 21.3 Å². The molecular formula is C17H21NO3. The Kier molecular flexibility index (Phi) is 5.06. The highest BCUT2D eigenvalue weighted by molar-refractivity contribution is 5.80. The highest BCUT2D eigenvalue weighted by atomic mass is 16.5. The van der Waals surface area contributed by atoms with Crippen LogP contribution >= 0.6 is 0 Å². The Morgan fingerprint density at radius 3 is 2.05 bits per heavy atom. The summed E-state index contributed by atoms with van der Waals surface area (Å²) in [6.45, 7) is 0.772. The quantitative estimate of drug-likeness (QED) is 0.886. The molecule has 1 N–H and O–H groups in total. The molecule has 2 aromatic rings. The number of benzene rings is 2. The lowest BCUT2D eigenvalue weighted by Crippen LogP contribution is -2.07. The molecule has 4 heteroatoms. The molecule has 0 bridgehead atoms. The Labute approximate surface area is 125 Å². The highest BCUT2D eigenvalue weighted by Gasteiger charge is 2.17. The van der Waals surface area contributed by atoms with Crippen molar-refractivity contribution < 1.29 is 14.2 Å². The van der Waals surface area contributed by atoms with Crippen molar-refractivity contribution >= 4 is 0 Å². The summed E-state index contributed by atoms with van der Waals surface area (Å²) in [6, 6.07) is 11.9. The van der Waals surface area contributed by atoms with Gasteiger partial charge in [-0.05, 0) is 18.2 Å². The second kappa shape index (κ2) is 6.99. The van der Waals surface area contributed by atoms with E-state index in [1.807, 2.05) is 31.3 Å². The van der Waals surface area contributed by atoms with Crippen LogP contribution in [-0.4, -0.2) is 28.4 Å². The molecule has 0 radical (unpaired) electrons. The molecule has 0 amide bonds. The average molecular weight is 287 g/mol. The maximum absolute atomic E-state index is 5.54. The van der Waals surface area contributed by atoms with E-state index < -0.39 is 0 Å². The molecule has 0 saturated heterocycles. The summed E-state index contributed by atoms with van der Waals surface area (Å²) in [5, 5.41) is 3.19. The third-order valence-corrected chi connectivity index (χ3v) is 3.37. The van der Waals surface area contributed by atoms with E-state index in [-0.39, 0.29) is 0 Å². The average Bonchev–Trinajstić information content (AvgIpc) is 2.54. The van der Waals surface area contributed by atoms with E-state index in [9.17, 15) is 0 Å². The molecule has 0 aromatic heterocycles. The fourth-order valence-corrected chi connectivity index (χ4v) is 2.38. The molecule has 2 rings (SSSR count). The Morgan fingerprint density at radius 2 is 1.52 bits per heavy atom. The molecule has 0 unspecified atom stereocenters. The molecule has 0 fully saturated rings. The summed E-state index contributed by atoms with van der Waals surface area (Å²) in [4.78, 5) is 0. The maximum atomic E-state index is 5.54. The summed E-state index contributed by atoms with van der Waals surface area (Å²) in [5.74, 6) is 2.17. The van der Waals surface area contributed by atoms with Crippen LogP contribution in [0.5, 0.6) is 17.2 Å². The standard InChI is InChI=1S/C17H21NO3/c1-18-11-12-7-5-6-8-14(12)17-15(20-3)9-13(19-2)10-16(17)21-4/h5-10,18H,11H2,1-4H3. The molecule has 0 aliphatic heterocycles. The lowest BCUT2D eigenvalue weighted by atomic mass is 9.97. The van der Waals surface area contributed by atoms with Crippen LogP contribution in [0, 0.1) is 0 Å². The number of hydrogen-bond donors (Lipinski definition) is 1. The third-order valence-electron chi connectivity index (χ3n) is 3.37. The van der Waals surface area contributed by atoms with Crippen molar-refractivity contribution in [3.63, 3.8) is 0 Å². The number of methoxy groups -OCH3 is 3. The van der Waals surface area contributed by atoms with Crippen LogP contribution in [0.25, 0.3) is 11.1 Å². The molecule has 21 heavy (non-hydrogen) atoms. The van der Waals surface area contributed by atoms with E-state index in [0.717, 1.165) is 29.2 Å². The molecule has 0 heterocycles. The van der Waals surface area contributed by atoms with Crippen LogP contribution in [0.1, 0.15) is 5.56 Å². The zero-order valence-electron chi connectivity index (χ0n) is 12.9. The van der Waals surface area contributed by atoms with E-state index in [4.69, 9.17) is 14.2 Å². The van der Waals surface area contributed by atoms with Crippen molar-refractivity contribution in [2.24, 2.45) is 0 Å². The largest absolute Gasteiger partial charge is 0.496 e. The van der Waals surface area contributed by atoms with E-state index >= 15 is 0 Å². The molecular weight excluding hydrogens is 266 g/mol. The van der Waals surface area contributed by atoms with Gasteiger partial charge in [0.2, 0.25) is 0 Å². The van der Waals surface area contributed by atoms with Gasteiger partial charge in [-0.25, -0.2) is 0 Å². The number of rotatable bonds is 6. The smallest absolute Gasteiger partial charge is 0.134 e. The SMILES string of the molecule is CNCc1ccccc1-c1c(OC)cc(OC)cc1OC. The second-order valence-electron chi connectivity index (χ2n) is 4.59. The monoisotopic (exact) mass is 287 g/mol. The molecule has 0 atom stereocenters. The van der Waals surface area contributed by atoms with Crippen molar-refractivity contribution in [2.75, 3.05) is 28.4 Å². The topological polar surface area (TPSA) is 39.7 Å². The first-order valence-corrected chi connectivity index (χ1v) is 6.78. The molecule has 0 spiro atoms. The molecule has 0 aliphatic carbocycles. The van der Waals surface area contributed by atoms with Crippen LogP contribution in [0.4, 0.5) is 0 Å². The van der Waals surface area contributed by atoms with Gasteiger partial charge in [0.1, 0.15) is 17.2 Å². The van der Waals surface area contributed by atoms with E-state index in [2.05, 4.69) is 17.4 Å². The first-order valence-electron chi connectivity index (χ1n) is 6.78. The van der Waals surface area contributed by atoms with Gasteiger partial charge >= 0.3 is 0 Å². The summed E-state index contributed by atoms with van der Waals surface area (Å²) >= 11 is 0. The Balaban J connectivity index is 2.67. The van der Waals surface area contributed by atoms with Gasteiger partial charge < -0.3 is 19.5 Å². The van der Waals surface area contributed by atoms with Crippen LogP contribution in [0.3, 0.4) is 0 Å². The van der Waals surface area contributed by atoms with Crippen LogP contribution in [-0.2, 0) is 6.54 Å². The third kappa shape index (κ3) is 3.11. The van der Waals surface area contributed by atoms with Gasteiger partial charge in [0.15, 0.2) is 0 Å². The molecule has 4 nitrogen and oxygen atoms in total. The van der Waals surface area contributed by atoms with Crippen LogP contribution in [0.15, 0.2) is 36.4 Å². The van der Waals surface area contributed by atoms with Crippen molar-refractivity contribution in [3.8, 4) is 28.4 Å². The minimum atomic E-state index is 0.707. The normalized spacial score (nSPS) is 10.3.